The number of benzene rings is 1. The summed E-state index contributed by atoms with van der Waals surface area (Å²) in [4.78, 5) is 21.4. The van der Waals surface area contributed by atoms with Gasteiger partial charge < -0.3 is 9.72 Å². The van der Waals surface area contributed by atoms with E-state index in [9.17, 15) is 18.0 Å². The number of para-hydroxylation sites is 1. The van der Waals surface area contributed by atoms with Gasteiger partial charge in [-0.1, -0.05) is 12.1 Å². The Hall–Kier alpha value is -2.95. The van der Waals surface area contributed by atoms with Gasteiger partial charge >= 0.3 is 12.1 Å². The summed E-state index contributed by atoms with van der Waals surface area (Å²) in [6, 6.07) is 4.70. The summed E-state index contributed by atoms with van der Waals surface area (Å²) in [7, 11) is 0. The highest BCUT2D eigenvalue weighted by molar-refractivity contribution is 7.13. The van der Waals surface area contributed by atoms with Crippen LogP contribution in [0.2, 0.25) is 0 Å². The fraction of sp³-hybridized carbons (Fsp3) is 0.250. The number of hydrogen-bond acceptors (Lipinski definition) is 7. The van der Waals surface area contributed by atoms with Crippen LogP contribution in [0.1, 0.15) is 24.0 Å². The number of aromatic nitrogens is 3. The SMILES string of the molecule is CCOC(=O)Cc1csc(NN=Cc2cccc3[nH]c(C(F)(F)F)nc23)n1. The van der Waals surface area contributed by atoms with Crippen LogP contribution in [-0.2, 0) is 22.1 Å². The van der Waals surface area contributed by atoms with Crippen molar-refractivity contribution in [2.45, 2.75) is 19.5 Å². The van der Waals surface area contributed by atoms with E-state index in [4.69, 9.17) is 4.74 Å². The molecule has 2 heterocycles. The lowest BCUT2D eigenvalue weighted by Crippen LogP contribution is -2.07. The van der Waals surface area contributed by atoms with Crippen LogP contribution in [0.3, 0.4) is 0 Å². The number of ether oxygens (including phenoxy) is 1. The largest absolute Gasteiger partial charge is 0.466 e. The topological polar surface area (TPSA) is 92.3 Å². The molecule has 0 unspecified atom stereocenters. The van der Waals surface area contributed by atoms with Crippen LogP contribution in [-0.4, -0.2) is 33.7 Å². The zero-order valence-corrected chi connectivity index (χ0v) is 14.8. The average Bonchev–Trinajstić information content (AvgIpc) is 3.22. The van der Waals surface area contributed by atoms with Crippen molar-refractivity contribution in [1.29, 1.82) is 0 Å². The number of carbonyl (C=O) groups is 1. The number of imidazole rings is 1. The van der Waals surface area contributed by atoms with E-state index in [1.54, 1.807) is 24.4 Å². The predicted octanol–water partition coefficient (Wildman–Crippen LogP) is 3.59. The smallest absolute Gasteiger partial charge is 0.449 e. The monoisotopic (exact) mass is 397 g/mol. The molecule has 0 aliphatic carbocycles. The molecule has 27 heavy (non-hydrogen) atoms. The van der Waals surface area contributed by atoms with Gasteiger partial charge in [0.25, 0.3) is 0 Å². The lowest BCUT2D eigenvalue weighted by atomic mass is 10.2. The van der Waals surface area contributed by atoms with Gasteiger partial charge in [0, 0.05) is 10.9 Å². The molecule has 0 aliphatic rings. The first-order valence-electron chi connectivity index (χ1n) is 7.82. The van der Waals surface area contributed by atoms with Gasteiger partial charge in [-0.3, -0.25) is 10.2 Å². The summed E-state index contributed by atoms with van der Waals surface area (Å²) in [5, 5.41) is 6.12. The van der Waals surface area contributed by atoms with Crippen LogP contribution < -0.4 is 5.43 Å². The van der Waals surface area contributed by atoms with Gasteiger partial charge in [0.05, 0.1) is 36.0 Å². The molecule has 3 aromatic rings. The quantitative estimate of drug-likeness (QED) is 0.377. The molecule has 3 rings (SSSR count). The van der Waals surface area contributed by atoms with Gasteiger partial charge in [0.1, 0.15) is 0 Å². The van der Waals surface area contributed by atoms with Crippen LogP contribution in [0.15, 0.2) is 28.7 Å². The van der Waals surface area contributed by atoms with Crippen molar-refractivity contribution < 1.29 is 22.7 Å². The van der Waals surface area contributed by atoms with Gasteiger partial charge in [-0.25, -0.2) is 9.97 Å². The Morgan fingerprint density at radius 1 is 1.41 bits per heavy atom. The van der Waals surface area contributed by atoms with E-state index in [0.717, 1.165) is 0 Å². The number of nitrogens with zero attached hydrogens (tertiary/aromatic N) is 3. The molecular formula is C16H14F3N5O2S. The maximum absolute atomic E-state index is 12.8. The molecule has 11 heteroatoms. The Morgan fingerprint density at radius 3 is 2.96 bits per heavy atom. The molecule has 0 amide bonds. The molecule has 0 atom stereocenters. The van der Waals surface area contributed by atoms with Crippen LogP contribution in [0.5, 0.6) is 0 Å². The Labute approximate surface area is 155 Å². The third kappa shape index (κ3) is 4.61. The van der Waals surface area contributed by atoms with Gasteiger partial charge in [-0.15, -0.1) is 11.3 Å². The molecular weight excluding hydrogens is 383 g/mol. The van der Waals surface area contributed by atoms with Crippen molar-refractivity contribution >= 4 is 39.7 Å². The summed E-state index contributed by atoms with van der Waals surface area (Å²) >= 11 is 1.24. The minimum atomic E-state index is -4.55. The summed E-state index contributed by atoms with van der Waals surface area (Å²) in [6.45, 7) is 2.02. The zero-order chi connectivity index (χ0) is 19.4. The normalized spacial score (nSPS) is 12.0. The molecule has 142 valence electrons. The van der Waals surface area contributed by atoms with Gasteiger partial charge in [0.2, 0.25) is 11.0 Å². The number of fused-ring (bicyclic) bond motifs is 1. The molecule has 0 saturated heterocycles. The van der Waals surface area contributed by atoms with Crippen LogP contribution in [0, 0.1) is 0 Å². The number of hydrogen-bond donors (Lipinski definition) is 2. The number of alkyl halides is 3. The lowest BCUT2D eigenvalue weighted by molar-refractivity contribution is -0.144. The Bertz CT molecular complexity index is 980. The number of thiazole rings is 1. The molecule has 2 aromatic heterocycles. The van der Waals surface area contributed by atoms with E-state index in [-0.39, 0.29) is 23.4 Å². The summed E-state index contributed by atoms with van der Waals surface area (Å²) in [5.41, 5.74) is 4.06. The molecule has 0 radical (unpaired) electrons. The maximum atomic E-state index is 12.8. The number of rotatable bonds is 6. The van der Waals surface area contributed by atoms with Crippen LogP contribution in [0.4, 0.5) is 18.3 Å². The highest BCUT2D eigenvalue weighted by Gasteiger charge is 2.34. The predicted molar refractivity (Wildman–Crippen MR) is 94.8 cm³/mol. The molecule has 2 N–H and O–H groups in total. The number of carbonyl (C=O) groups excluding carboxylic acids is 1. The first-order chi connectivity index (χ1) is 12.9. The van der Waals surface area contributed by atoms with Crippen molar-refractivity contribution in [1.82, 2.24) is 15.0 Å². The van der Waals surface area contributed by atoms with Gasteiger partial charge in [0.15, 0.2) is 0 Å². The van der Waals surface area contributed by atoms with Crippen LogP contribution in [0.25, 0.3) is 11.0 Å². The molecule has 0 saturated carbocycles. The van der Waals surface area contributed by atoms with Crippen molar-refractivity contribution in [3.05, 3.63) is 40.7 Å². The number of esters is 1. The summed E-state index contributed by atoms with van der Waals surface area (Å²) in [6.07, 6.45) is -3.14. The van der Waals surface area contributed by atoms with Crippen molar-refractivity contribution in [3.8, 4) is 0 Å². The van der Waals surface area contributed by atoms with Crippen LogP contribution >= 0.6 is 11.3 Å². The average molecular weight is 397 g/mol. The fourth-order valence-corrected chi connectivity index (χ4v) is 2.91. The summed E-state index contributed by atoms with van der Waals surface area (Å²) in [5.74, 6) is -1.43. The highest BCUT2D eigenvalue weighted by atomic mass is 32.1. The number of anilines is 1. The Balaban J connectivity index is 1.71. The third-order valence-electron chi connectivity index (χ3n) is 3.36. The first kappa shape index (κ1) is 18.8. The van der Waals surface area contributed by atoms with Crippen molar-refractivity contribution in [3.63, 3.8) is 0 Å². The standard InChI is InChI=1S/C16H14F3N5O2S/c1-2-26-12(25)6-10-8-27-15(21-10)24-20-7-9-4-3-5-11-13(9)23-14(22-11)16(17,18)19/h3-5,7-8H,2,6H2,1H3,(H,21,24)(H,22,23). The number of H-pyrrole nitrogens is 1. The second-order valence-corrected chi connectivity index (χ2v) is 6.18. The van der Waals surface area contributed by atoms with Crippen molar-refractivity contribution in [2.75, 3.05) is 12.0 Å². The number of aromatic amines is 1. The fourth-order valence-electron chi connectivity index (χ4n) is 2.25. The van der Waals surface area contributed by atoms with Gasteiger partial charge in [-0.05, 0) is 13.0 Å². The van der Waals surface area contributed by atoms with E-state index in [1.165, 1.54) is 23.6 Å². The zero-order valence-electron chi connectivity index (χ0n) is 14.0. The first-order valence-corrected chi connectivity index (χ1v) is 8.70. The third-order valence-corrected chi connectivity index (χ3v) is 4.15. The van der Waals surface area contributed by atoms with E-state index in [0.29, 0.717) is 23.0 Å². The van der Waals surface area contributed by atoms with E-state index >= 15 is 0 Å². The van der Waals surface area contributed by atoms with E-state index in [2.05, 4.69) is 25.5 Å². The van der Waals surface area contributed by atoms with E-state index < -0.39 is 12.0 Å². The number of halogens is 3. The molecule has 0 spiro atoms. The molecule has 7 nitrogen and oxygen atoms in total. The Kier molecular flexibility index (Phi) is 5.40. The summed E-state index contributed by atoms with van der Waals surface area (Å²) < 4.78 is 43.2. The Morgan fingerprint density at radius 2 is 2.22 bits per heavy atom. The maximum Gasteiger partial charge on any atom is 0.449 e. The minimum absolute atomic E-state index is 0.0581. The second-order valence-electron chi connectivity index (χ2n) is 5.32. The number of hydrazone groups is 1. The highest BCUT2D eigenvalue weighted by Crippen LogP contribution is 2.29. The molecule has 0 bridgehead atoms. The van der Waals surface area contributed by atoms with Gasteiger partial charge in [-0.2, -0.15) is 18.3 Å². The van der Waals surface area contributed by atoms with E-state index in [1.807, 2.05) is 0 Å². The van der Waals surface area contributed by atoms with Crippen molar-refractivity contribution in [2.24, 2.45) is 5.10 Å². The molecule has 0 fully saturated rings. The number of nitrogens with one attached hydrogen (secondary N) is 2. The second kappa shape index (κ2) is 7.74. The molecule has 1 aromatic carbocycles. The lowest BCUT2D eigenvalue weighted by Gasteiger charge is -1.99. The molecule has 0 aliphatic heterocycles. The minimum Gasteiger partial charge on any atom is -0.466 e.